The normalized spacial score (nSPS) is 16.0. The highest BCUT2D eigenvalue weighted by atomic mass is 19.1. The lowest BCUT2D eigenvalue weighted by atomic mass is 9.83. The van der Waals surface area contributed by atoms with Gasteiger partial charge in [0, 0.05) is 42.0 Å². The third-order valence-electron chi connectivity index (χ3n) is 8.15. The summed E-state index contributed by atoms with van der Waals surface area (Å²) in [5.41, 5.74) is 6.17. The topological polar surface area (TPSA) is 71.9 Å². The Kier molecular flexibility index (Phi) is 8.67. The summed E-state index contributed by atoms with van der Waals surface area (Å²) in [4.78, 5) is 20.0. The summed E-state index contributed by atoms with van der Waals surface area (Å²) >= 11 is 0. The molecule has 1 N–H and O–H groups in total. The van der Waals surface area contributed by atoms with Gasteiger partial charge in [-0.25, -0.2) is 13.6 Å². The Morgan fingerprint density at radius 3 is 2.67 bits per heavy atom. The van der Waals surface area contributed by atoms with E-state index in [2.05, 4.69) is 4.90 Å². The fourth-order valence-electron chi connectivity index (χ4n) is 6.28. The maximum absolute atomic E-state index is 15.6. The van der Waals surface area contributed by atoms with Crippen molar-refractivity contribution in [3.63, 3.8) is 0 Å². The predicted molar refractivity (Wildman–Crippen MR) is 158 cm³/mol. The molecule has 0 fully saturated rings. The van der Waals surface area contributed by atoms with E-state index in [1.54, 1.807) is 12.1 Å². The standard InChI is InChI=1S/C34H40F2N2O4/c1-20-24-12-8-16-41-31(24)27(36)18-25(20)30-26-19-38(14-7-10-22-9-6-11-23(35)17-22)15-13-28(26)37-21(2)29(30)32(33(39)40)42-34(3,4)5/h6,9,11,17-18,32H,7-8,10,12-16,19H2,1-5H3,(H,39,40)/t32-/m0/s1. The minimum Gasteiger partial charge on any atom is -0.490 e. The van der Waals surface area contributed by atoms with Gasteiger partial charge in [-0.1, -0.05) is 12.1 Å². The zero-order valence-electron chi connectivity index (χ0n) is 25.2. The molecule has 3 heterocycles. The highest BCUT2D eigenvalue weighted by Gasteiger charge is 2.36. The van der Waals surface area contributed by atoms with Crippen molar-refractivity contribution < 1.29 is 28.2 Å². The van der Waals surface area contributed by atoms with Crippen LogP contribution < -0.4 is 4.74 Å². The number of pyridine rings is 1. The van der Waals surface area contributed by atoms with E-state index in [1.165, 1.54) is 12.1 Å². The number of nitrogens with zero attached hydrogens (tertiary/aromatic N) is 2. The highest BCUT2D eigenvalue weighted by molar-refractivity contribution is 5.84. The molecular formula is C34H40F2N2O4. The number of aliphatic carboxylic acids is 1. The van der Waals surface area contributed by atoms with Crippen molar-refractivity contribution in [2.24, 2.45) is 0 Å². The average Bonchev–Trinajstić information content (AvgIpc) is 2.93. The Labute approximate surface area is 246 Å². The Balaban J connectivity index is 1.60. The predicted octanol–water partition coefficient (Wildman–Crippen LogP) is 6.90. The lowest BCUT2D eigenvalue weighted by molar-refractivity contribution is -0.160. The quantitative estimate of drug-likeness (QED) is 0.314. The molecule has 2 aliphatic rings. The minimum atomic E-state index is -1.28. The summed E-state index contributed by atoms with van der Waals surface area (Å²) in [5.74, 6) is -1.49. The molecule has 0 amide bonds. The SMILES string of the molecule is Cc1nc2c(c(-c3cc(F)c4c(c3C)CCCO4)c1[C@H](OC(C)(C)C)C(=O)O)CN(CCCc1cccc(F)c1)CC2. The van der Waals surface area contributed by atoms with Crippen LogP contribution in [0.15, 0.2) is 30.3 Å². The van der Waals surface area contributed by atoms with Crippen LogP contribution in [-0.4, -0.2) is 46.3 Å². The minimum absolute atomic E-state index is 0.235. The fourth-order valence-corrected chi connectivity index (χ4v) is 6.28. The molecule has 0 saturated carbocycles. The third kappa shape index (κ3) is 6.35. The van der Waals surface area contributed by atoms with Crippen LogP contribution in [0, 0.1) is 25.5 Å². The van der Waals surface area contributed by atoms with Gasteiger partial charge in [0.2, 0.25) is 0 Å². The van der Waals surface area contributed by atoms with Crippen LogP contribution in [0.4, 0.5) is 8.78 Å². The van der Waals surface area contributed by atoms with Gasteiger partial charge in [-0.2, -0.15) is 0 Å². The molecule has 2 aromatic carbocycles. The molecule has 42 heavy (non-hydrogen) atoms. The van der Waals surface area contributed by atoms with Gasteiger partial charge in [0.1, 0.15) is 5.82 Å². The van der Waals surface area contributed by atoms with E-state index in [1.807, 2.05) is 40.7 Å². The maximum atomic E-state index is 15.6. The molecule has 8 heteroatoms. The molecule has 0 aliphatic carbocycles. The van der Waals surface area contributed by atoms with Gasteiger partial charge in [0.05, 0.1) is 12.2 Å². The first-order chi connectivity index (χ1) is 19.9. The summed E-state index contributed by atoms with van der Waals surface area (Å²) < 4.78 is 41.1. The number of halogens is 2. The maximum Gasteiger partial charge on any atom is 0.337 e. The Hall–Kier alpha value is -3.36. The summed E-state index contributed by atoms with van der Waals surface area (Å²) in [6.45, 7) is 11.9. The molecule has 1 aromatic heterocycles. The number of carboxylic acid groups (broad SMARTS) is 1. The average molecular weight is 579 g/mol. The second kappa shape index (κ2) is 12.1. The number of hydrogen-bond acceptors (Lipinski definition) is 5. The first-order valence-corrected chi connectivity index (χ1v) is 14.8. The van der Waals surface area contributed by atoms with E-state index in [0.717, 1.165) is 60.3 Å². The molecule has 2 aliphatic heterocycles. The Morgan fingerprint density at radius 1 is 1.17 bits per heavy atom. The first-order valence-electron chi connectivity index (χ1n) is 14.8. The smallest absolute Gasteiger partial charge is 0.337 e. The molecule has 6 nitrogen and oxygen atoms in total. The van der Waals surface area contributed by atoms with E-state index in [4.69, 9.17) is 14.5 Å². The van der Waals surface area contributed by atoms with Crippen LogP contribution in [0.1, 0.15) is 78.9 Å². The molecule has 0 saturated heterocycles. The zero-order valence-corrected chi connectivity index (χ0v) is 25.2. The molecule has 0 unspecified atom stereocenters. The first kappa shape index (κ1) is 30.1. The molecule has 3 aromatic rings. The zero-order chi connectivity index (χ0) is 30.2. The van der Waals surface area contributed by atoms with Crippen molar-refractivity contribution >= 4 is 5.97 Å². The number of carbonyl (C=O) groups is 1. The molecular weight excluding hydrogens is 538 g/mol. The van der Waals surface area contributed by atoms with Crippen molar-refractivity contribution in [2.75, 3.05) is 19.7 Å². The van der Waals surface area contributed by atoms with Gasteiger partial charge in [0.25, 0.3) is 0 Å². The monoisotopic (exact) mass is 578 g/mol. The van der Waals surface area contributed by atoms with Gasteiger partial charge < -0.3 is 14.6 Å². The number of benzene rings is 2. The van der Waals surface area contributed by atoms with E-state index in [0.29, 0.717) is 54.1 Å². The number of rotatable bonds is 8. The van der Waals surface area contributed by atoms with Crippen LogP contribution in [0.5, 0.6) is 5.75 Å². The third-order valence-corrected chi connectivity index (χ3v) is 8.15. The summed E-state index contributed by atoms with van der Waals surface area (Å²) in [6.07, 6.45) is 2.49. The summed E-state index contributed by atoms with van der Waals surface area (Å²) in [7, 11) is 0. The van der Waals surface area contributed by atoms with E-state index in [9.17, 15) is 14.3 Å². The van der Waals surface area contributed by atoms with Crippen molar-refractivity contribution in [3.05, 3.63) is 81.2 Å². The van der Waals surface area contributed by atoms with Crippen molar-refractivity contribution in [1.82, 2.24) is 9.88 Å². The molecule has 1 atom stereocenters. The summed E-state index contributed by atoms with van der Waals surface area (Å²) in [5, 5.41) is 10.4. The second-order valence-corrected chi connectivity index (χ2v) is 12.4. The van der Waals surface area contributed by atoms with Crippen molar-refractivity contribution in [3.8, 4) is 16.9 Å². The molecule has 0 spiro atoms. The second-order valence-electron chi connectivity index (χ2n) is 12.4. The molecule has 5 rings (SSSR count). The van der Waals surface area contributed by atoms with Crippen molar-refractivity contribution in [1.29, 1.82) is 0 Å². The Bertz CT molecular complexity index is 1500. The van der Waals surface area contributed by atoms with Crippen LogP contribution in [0.2, 0.25) is 0 Å². The Morgan fingerprint density at radius 2 is 1.95 bits per heavy atom. The van der Waals surface area contributed by atoms with Gasteiger partial charge >= 0.3 is 5.97 Å². The van der Waals surface area contributed by atoms with Gasteiger partial charge in [-0.05, 0) is 113 Å². The van der Waals surface area contributed by atoms with Gasteiger partial charge in [-0.15, -0.1) is 0 Å². The number of aryl methyl sites for hydroxylation is 2. The number of hydrogen-bond donors (Lipinski definition) is 1. The van der Waals surface area contributed by atoms with Crippen LogP contribution >= 0.6 is 0 Å². The van der Waals surface area contributed by atoms with Crippen LogP contribution in [-0.2, 0) is 35.3 Å². The number of fused-ring (bicyclic) bond motifs is 2. The fraction of sp³-hybridized carbons (Fsp3) is 0.471. The molecule has 0 radical (unpaired) electrons. The summed E-state index contributed by atoms with van der Waals surface area (Å²) in [6, 6.07) is 8.18. The highest BCUT2D eigenvalue weighted by Crippen LogP contribution is 2.44. The van der Waals surface area contributed by atoms with Crippen LogP contribution in [0.3, 0.4) is 0 Å². The lowest BCUT2D eigenvalue weighted by Crippen LogP contribution is -2.34. The van der Waals surface area contributed by atoms with Gasteiger partial charge in [-0.3, -0.25) is 9.88 Å². The number of ether oxygens (including phenoxy) is 2. The van der Waals surface area contributed by atoms with E-state index < -0.39 is 23.5 Å². The lowest BCUT2D eigenvalue weighted by Gasteiger charge is -2.34. The van der Waals surface area contributed by atoms with Crippen molar-refractivity contribution in [2.45, 2.75) is 85.0 Å². The molecule has 0 bridgehead atoms. The molecule has 224 valence electrons. The number of aromatic nitrogens is 1. The largest absolute Gasteiger partial charge is 0.490 e. The van der Waals surface area contributed by atoms with E-state index in [-0.39, 0.29) is 5.82 Å². The van der Waals surface area contributed by atoms with E-state index >= 15 is 4.39 Å². The van der Waals surface area contributed by atoms with Crippen LogP contribution in [0.25, 0.3) is 11.1 Å². The number of carboxylic acids is 1. The van der Waals surface area contributed by atoms with Gasteiger partial charge in [0.15, 0.2) is 17.7 Å².